The van der Waals surface area contributed by atoms with Gasteiger partial charge in [0.05, 0.1) is 7.11 Å². The van der Waals surface area contributed by atoms with Gasteiger partial charge in [-0.3, -0.25) is 4.79 Å². The third-order valence-electron chi connectivity index (χ3n) is 3.91. The quantitative estimate of drug-likeness (QED) is 0.310. The Bertz CT molecular complexity index is 779. The molecule has 0 bridgehead atoms. The number of aromatic nitrogens is 1. The number of hydrogen-bond donors (Lipinski definition) is 3. The van der Waals surface area contributed by atoms with Crippen LogP contribution in [0.4, 0.5) is 0 Å². The van der Waals surface area contributed by atoms with Crippen LogP contribution in [0.5, 0.6) is 0 Å². The van der Waals surface area contributed by atoms with E-state index < -0.39 is 17.9 Å². The smallest absolute Gasteiger partial charge is 0.328 e. The minimum atomic E-state index is -0.780. The lowest BCUT2D eigenvalue weighted by Gasteiger charge is -2.18. The fourth-order valence-electron chi connectivity index (χ4n) is 2.69. The number of esters is 1. The van der Waals surface area contributed by atoms with E-state index in [1.54, 1.807) is 6.20 Å². The van der Waals surface area contributed by atoms with E-state index in [0.717, 1.165) is 16.5 Å². The first-order valence-electron chi connectivity index (χ1n) is 8.10. The van der Waals surface area contributed by atoms with Gasteiger partial charge in [0.1, 0.15) is 11.8 Å². The van der Waals surface area contributed by atoms with Gasteiger partial charge in [-0.1, -0.05) is 37.2 Å². The van der Waals surface area contributed by atoms with Gasteiger partial charge in [-0.25, -0.2) is 4.79 Å². The van der Waals surface area contributed by atoms with E-state index in [2.05, 4.69) is 15.5 Å². The lowest BCUT2D eigenvalue weighted by Crippen LogP contribution is -2.45. The van der Waals surface area contributed by atoms with Crippen LogP contribution < -0.4 is 5.32 Å². The fraction of sp³-hybridized carbons (Fsp3) is 0.389. The molecule has 0 saturated heterocycles. The molecule has 0 fully saturated rings. The third-order valence-corrected chi connectivity index (χ3v) is 3.91. The summed E-state index contributed by atoms with van der Waals surface area (Å²) in [4.78, 5) is 27.4. The Kier molecular flexibility index (Phi) is 6.16. The summed E-state index contributed by atoms with van der Waals surface area (Å²) in [7, 11) is 1.27. The van der Waals surface area contributed by atoms with Gasteiger partial charge in [-0.15, -0.1) is 0 Å². The van der Waals surface area contributed by atoms with Crippen molar-refractivity contribution in [1.82, 2.24) is 10.3 Å². The molecular formula is C18H23N3O4. The number of hydrogen-bond acceptors (Lipinski definition) is 5. The van der Waals surface area contributed by atoms with Crippen molar-refractivity contribution in [2.45, 2.75) is 32.7 Å². The van der Waals surface area contributed by atoms with Crippen molar-refractivity contribution in [3.8, 4) is 0 Å². The van der Waals surface area contributed by atoms with Crippen molar-refractivity contribution in [2.24, 2.45) is 11.1 Å². The van der Waals surface area contributed by atoms with Crippen LogP contribution in [0, 0.1) is 5.92 Å². The number of nitrogens with zero attached hydrogens (tertiary/aromatic N) is 1. The normalized spacial score (nSPS) is 13.0. The van der Waals surface area contributed by atoms with E-state index in [0.29, 0.717) is 6.42 Å². The van der Waals surface area contributed by atoms with Crippen LogP contribution in [-0.4, -0.2) is 40.9 Å². The van der Waals surface area contributed by atoms with E-state index in [-0.39, 0.29) is 18.1 Å². The van der Waals surface area contributed by atoms with Gasteiger partial charge in [0.2, 0.25) is 0 Å². The number of oxime groups is 1. The van der Waals surface area contributed by atoms with Gasteiger partial charge in [0.25, 0.3) is 5.91 Å². The first kappa shape index (κ1) is 18.5. The standard InChI is InChI=1S/C18H23N3O4/c1-11(2)8-16(18(23)25-3)20-17(22)15(21-24)9-12-10-19-14-7-5-4-6-13(12)14/h4-7,10-11,16,19,24H,8-9H2,1-3H3,(H,20,22)/b21-15-/t16-/m0/s1. The van der Waals surface area contributed by atoms with Crippen LogP contribution in [-0.2, 0) is 20.7 Å². The molecule has 1 atom stereocenters. The zero-order valence-electron chi connectivity index (χ0n) is 14.6. The molecule has 0 spiro atoms. The molecule has 0 aliphatic heterocycles. The highest BCUT2D eigenvalue weighted by Gasteiger charge is 2.25. The number of fused-ring (bicyclic) bond motifs is 1. The highest BCUT2D eigenvalue weighted by Crippen LogP contribution is 2.18. The van der Waals surface area contributed by atoms with Crippen molar-refractivity contribution < 1.29 is 19.5 Å². The molecule has 2 rings (SSSR count). The summed E-state index contributed by atoms with van der Waals surface area (Å²) in [5.74, 6) is -0.928. The first-order valence-corrected chi connectivity index (χ1v) is 8.10. The van der Waals surface area contributed by atoms with Gasteiger partial charge in [0.15, 0.2) is 0 Å². The Balaban J connectivity index is 2.13. The second-order valence-electron chi connectivity index (χ2n) is 6.26. The van der Waals surface area contributed by atoms with Crippen molar-refractivity contribution in [3.05, 3.63) is 36.0 Å². The predicted molar refractivity (Wildman–Crippen MR) is 94.6 cm³/mol. The number of rotatable bonds is 7. The Labute approximate surface area is 146 Å². The monoisotopic (exact) mass is 345 g/mol. The number of amides is 1. The van der Waals surface area contributed by atoms with Crippen LogP contribution in [0.1, 0.15) is 25.8 Å². The summed E-state index contributed by atoms with van der Waals surface area (Å²) in [6.45, 7) is 3.88. The van der Waals surface area contributed by atoms with Crippen LogP contribution in [0.15, 0.2) is 35.6 Å². The van der Waals surface area contributed by atoms with Crippen molar-refractivity contribution in [1.29, 1.82) is 0 Å². The van der Waals surface area contributed by atoms with Crippen LogP contribution in [0.2, 0.25) is 0 Å². The van der Waals surface area contributed by atoms with Gasteiger partial charge in [-0.05, 0) is 24.0 Å². The Morgan fingerprint density at radius 1 is 1.32 bits per heavy atom. The van der Waals surface area contributed by atoms with Gasteiger partial charge >= 0.3 is 5.97 Å². The van der Waals surface area contributed by atoms with E-state index in [1.165, 1.54) is 7.11 Å². The molecule has 0 radical (unpaired) electrons. The number of aromatic amines is 1. The minimum Gasteiger partial charge on any atom is -0.467 e. The highest BCUT2D eigenvalue weighted by atomic mass is 16.5. The number of methoxy groups -OCH3 is 1. The number of benzene rings is 1. The number of para-hydroxylation sites is 1. The lowest BCUT2D eigenvalue weighted by atomic mass is 10.0. The van der Waals surface area contributed by atoms with Gasteiger partial charge in [0, 0.05) is 23.5 Å². The first-order chi connectivity index (χ1) is 12.0. The van der Waals surface area contributed by atoms with E-state index in [9.17, 15) is 14.8 Å². The molecule has 7 heteroatoms. The SMILES string of the molecule is COC(=O)[C@H](CC(C)C)NC(=O)/C(Cc1c[nH]c2ccccc12)=N\O. The summed E-state index contributed by atoms with van der Waals surface area (Å²) >= 11 is 0. The van der Waals surface area contributed by atoms with E-state index >= 15 is 0 Å². The van der Waals surface area contributed by atoms with E-state index in [4.69, 9.17) is 4.74 Å². The van der Waals surface area contributed by atoms with Gasteiger partial charge < -0.3 is 20.2 Å². The van der Waals surface area contributed by atoms with Crippen LogP contribution in [0.25, 0.3) is 10.9 Å². The number of carbonyl (C=O) groups excluding carboxylic acids is 2. The number of ether oxygens (including phenoxy) is 1. The topological polar surface area (TPSA) is 104 Å². The van der Waals surface area contributed by atoms with Crippen LogP contribution >= 0.6 is 0 Å². The Hall–Kier alpha value is -2.83. The summed E-state index contributed by atoms with van der Waals surface area (Å²) in [5, 5.41) is 15.9. The lowest BCUT2D eigenvalue weighted by molar-refractivity contribution is -0.144. The number of H-pyrrole nitrogens is 1. The van der Waals surface area contributed by atoms with E-state index in [1.807, 2.05) is 38.1 Å². The average Bonchev–Trinajstić information content (AvgIpc) is 3.00. The molecule has 3 N–H and O–H groups in total. The largest absolute Gasteiger partial charge is 0.467 e. The zero-order chi connectivity index (χ0) is 18.4. The average molecular weight is 345 g/mol. The zero-order valence-corrected chi connectivity index (χ0v) is 14.6. The Morgan fingerprint density at radius 2 is 2.04 bits per heavy atom. The molecule has 1 heterocycles. The molecular weight excluding hydrogens is 322 g/mol. The van der Waals surface area contributed by atoms with Crippen LogP contribution in [0.3, 0.4) is 0 Å². The van der Waals surface area contributed by atoms with Crippen molar-refractivity contribution in [3.63, 3.8) is 0 Å². The second-order valence-corrected chi connectivity index (χ2v) is 6.26. The molecule has 7 nitrogen and oxygen atoms in total. The molecule has 1 aromatic carbocycles. The van der Waals surface area contributed by atoms with Crippen molar-refractivity contribution in [2.75, 3.05) is 7.11 Å². The molecule has 0 aliphatic rings. The fourth-order valence-corrected chi connectivity index (χ4v) is 2.69. The maximum absolute atomic E-state index is 12.4. The molecule has 2 aromatic rings. The molecule has 1 aromatic heterocycles. The second kappa shape index (κ2) is 8.32. The number of nitrogens with one attached hydrogen (secondary N) is 2. The highest BCUT2D eigenvalue weighted by molar-refractivity contribution is 6.39. The molecule has 0 unspecified atom stereocenters. The molecule has 134 valence electrons. The van der Waals surface area contributed by atoms with Crippen molar-refractivity contribution >= 4 is 28.5 Å². The third kappa shape index (κ3) is 4.59. The molecule has 1 amide bonds. The van der Waals surface area contributed by atoms with Gasteiger partial charge in [-0.2, -0.15) is 0 Å². The predicted octanol–water partition coefficient (Wildman–Crippen LogP) is 2.24. The summed E-state index contributed by atoms with van der Waals surface area (Å²) < 4.78 is 4.73. The maximum atomic E-state index is 12.4. The Morgan fingerprint density at radius 3 is 2.68 bits per heavy atom. The minimum absolute atomic E-state index is 0.0672. The number of carbonyl (C=O) groups is 2. The summed E-state index contributed by atoms with van der Waals surface area (Å²) in [6.07, 6.45) is 2.35. The summed E-state index contributed by atoms with van der Waals surface area (Å²) in [5.41, 5.74) is 1.70. The molecule has 25 heavy (non-hydrogen) atoms. The molecule has 0 saturated carbocycles. The molecule has 0 aliphatic carbocycles. The maximum Gasteiger partial charge on any atom is 0.328 e. The summed E-state index contributed by atoms with van der Waals surface area (Å²) in [6, 6.07) is 6.86.